The lowest BCUT2D eigenvalue weighted by molar-refractivity contribution is 0.0437. The number of aryl methyl sites for hydroxylation is 1. The van der Waals surface area contributed by atoms with Crippen LogP contribution in [0.1, 0.15) is 32.9 Å². The molecule has 1 aromatic heterocycles. The molecule has 0 aromatic carbocycles. The quantitative estimate of drug-likeness (QED) is 0.816. The maximum Gasteiger partial charge on any atom is 0.105 e. The van der Waals surface area contributed by atoms with E-state index in [2.05, 4.69) is 5.10 Å². The van der Waals surface area contributed by atoms with Crippen molar-refractivity contribution in [1.82, 2.24) is 9.78 Å². The molecule has 0 saturated heterocycles. The van der Waals surface area contributed by atoms with E-state index < -0.39 is 5.60 Å². The first-order valence-electron chi connectivity index (χ1n) is 4.47. The molecule has 0 radical (unpaired) electrons. The number of nitrogens with zero attached hydrogens (tertiary/aromatic N) is 2. The summed E-state index contributed by atoms with van der Waals surface area (Å²) in [6.45, 7) is 6.36. The van der Waals surface area contributed by atoms with Gasteiger partial charge in [0.25, 0.3) is 0 Å². The summed E-state index contributed by atoms with van der Waals surface area (Å²) >= 11 is 5.94. The van der Waals surface area contributed by atoms with E-state index in [0.717, 1.165) is 6.54 Å². The van der Waals surface area contributed by atoms with E-state index in [0.29, 0.717) is 17.1 Å². The lowest BCUT2D eigenvalue weighted by Gasteiger charge is -2.22. The predicted octanol–water partition coefficient (Wildman–Crippen LogP) is 2.17. The van der Waals surface area contributed by atoms with Crippen molar-refractivity contribution in [2.24, 2.45) is 0 Å². The fraction of sp³-hybridized carbons (Fsp3) is 0.667. The zero-order valence-electron chi connectivity index (χ0n) is 8.21. The Kier molecular flexibility index (Phi) is 2.98. The van der Waals surface area contributed by atoms with Gasteiger partial charge in [-0.25, -0.2) is 0 Å². The van der Waals surface area contributed by atoms with E-state index in [1.807, 2.05) is 13.8 Å². The normalized spacial score (nSPS) is 15.8. The van der Waals surface area contributed by atoms with Crippen LogP contribution in [0.2, 0.25) is 5.02 Å². The Labute approximate surface area is 83.3 Å². The summed E-state index contributed by atoms with van der Waals surface area (Å²) in [5, 5.41) is 14.6. The molecule has 0 amide bonds. The van der Waals surface area contributed by atoms with E-state index in [-0.39, 0.29) is 0 Å². The molecule has 0 fully saturated rings. The van der Waals surface area contributed by atoms with Crippen LogP contribution in [0.5, 0.6) is 0 Å². The number of rotatable bonds is 3. The van der Waals surface area contributed by atoms with Crippen molar-refractivity contribution in [3.05, 3.63) is 16.9 Å². The maximum atomic E-state index is 10.0. The molecule has 4 heteroatoms. The zero-order chi connectivity index (χ0) is 10.1. The molecule has 1 aromatic rings. The molecule has 1 heterocycles. The Morgan fingerprint density at radius 3 is 2.69 bits per heavy atom. The van der Waals surface area contributed by atoms with Gasteiger partial charge < -0.3 is 5.11 Å². The van der Waals surface area contributed by atoms with Crippen LogP contribution in [-0.2, 0) is 12.1 Å². The Hall–Kier alpha value is -0.540. The molecule has 0 aliphatic rings. The van der Waals surface area contributed by atoms with Crippen LogP contribution in [0, 0.1) is 0 Å². The van der Waals surface area contributed by atoms with Gasteiger partial charge in [-0.15, -0.1) is 0 Å². The molecule has 0 spiro atoms. The third-order valence-electron chi connectivity index (χ3n) is 2.29. The number of hydrogen-bond donors (Lipinski definition) is 1. The zero-order valence-corrected chi connectivity index (χ0v) is 8.97. The summed E-state index contributed by atoms with van der Waals surface area (Å²) in [5.41, 5.74) is -0.178. The molecule has 1 unspecified atom stereocenters. The molecule has 1 atom stereocenters. The van der Waals surface area contributed by atoms with Crippen molar-refractivity contribution in [3.63, 3.8) is 0 Å². The number of aliphatic hydroxyl groups is 1. The number of hydrogen-bond acceptors (Lipinski definition) is 2. The first-order chi connectivity index (χ1) is 6.03. The smallest absolute Gasteiger partial charge is 0.105 e. The van der Waals surface area contributed by atoms with Gasteiger partial charge in [0, 0.05) is 6.54 Å². The van der Waals surface area contributed by atoms with Crippen molar-refractivity contribution < 1.29 is 5.11 Å². The molecular formula is C9H15ClN2O. The van der Waals surface area contributed by atoms with E-state index in [1.54, 1.807) is 17.8 Å². The standard InChI is InChI=1S/C9H15ClN2O/c1-4-9(3,13)8-7(10)6-11-12(8)5-2/h6,13H,4-5H2,1-3H3. The Balaban J connectivity index is 3.18. The van der Waals surface area contributed by atoms with E-state index >= 15 is 0 Å². The third kappa shape index (κ3) is 1.86. The summed E-state index contributed by atoms with van der Waals surface area (Å²) in [5.74, 6) is 0. The van der Waals surface area contributed by atoms with Gasteiger partial charge in [-0.05, 0) is 20.3 Å². The second kappa shape index (κ2) is 3.68. The highest BCUT2D eigenvalue weighted by Gasteiger charge is 2.27. The maximum absolute atomic E-state index is 10.0. The largest absolute Gasteiger partial charge is 0.384 e. The van der Waals surface area contributed by atoms with Crippen LogP contribution in [0.25, 0.3) is 0 Å². The van der Waals surface area contributed by atoms with E-state index in [4.69, 9.17) is 11.6 Å². The summed E-state index contributed by atoms with van der Waals surface area (Å²) in [6, 6.07) is 0. The SMILES string of the molecule is CCn1ncc(Cl)c1C(C)(O)CC. The minimum Gasteiger partial charge on any atom is -0.384 e. The van der Waals surface area contributed by atoms with Crippen molar-refractivity contribution >= 4 is 11.6 Å². The molecule has 0 aliphatic heterocycles. The van der Waals surface area contributed by atoms with E-state index in [1.165, 1.54) is 0 Å². The summed E-state index contributed by atoms with van der Waals surface area (Å²) in [7, 11) is 0. The predicted molar refractivity (Wildman–Crippen MR) is 52.8 cm³/mol. The summed E-state index contributed by atoms with van der Waals surface area (Å²) in [6.07, 6.45) is 2.20. The van der Waals surface area contributed by atoms with Gasteiger partial charge in [0.15, 0.2) is 0 Å². The van der Waals surface area contributed by atoms with Crippen molar-refractivity contribution in [2.75, 3.05) is 0 Å². The molecule has 3 nitrogen and oxygen atoms in total. The average Bonchev–Trinajstić information content (AvgIpc) is 2.47. The highest BCUT2D eigenvalue weighted by Crippen LogP contribution is 2.30. The van der Waals surface area contributed by atoms with Gasteiger partial charge in [-0.3, -0.25) is 4.68 Å². The molecule has 74 valence electrons. The third-order valence-corrected chi connectivity index (χ3v) is 2.57. The van der Waals surface area contributed by atoms with Crippen LogP contribution in [-0.4, -0.2) is 14.9 Å². The summed E-state index contributed by atoms with van der Waals surface area (Å²) in [4.78, 5) is 0. The first kappa shape index (κ1) is 10.5. The fourth-order valence-corrected chi connectivity index (χ4v) is 1.65. The molecule has 0 saturated carbocycles. The minimum atomic E-state index is -0.885. The van der Waals surface area contributed by atoms with Crippen LogP contribution in [0.3, 0.4) is 0 Å². The highest BCUT2D eigenvalue weighted by atomic mass is 35.5. The number of halogens is 1. The van der Waals surface area contributed by atoms with Gasteiger partial charge in [0.2, 0.25) is 0 Å². The molecule has 0 aliphatic carbocycles. The van der Waals surface area contributed by atoms with Gasteiger partial charge >= 0.3 is 0 Å². The Morgan fingerprint density at radius 1 is 1.62 bits per heavy atom. The highest BCUT2D eigenvalue weighted by molar-refractivity contribution is 6.31. The lowest BCUT2D eigenvalue weighted by Crippen LogP contribution is -2.24. The fourth-order valence-electron chi connectivity index (χ4n) is 1.31. The van der Waals surface area contributed by atoms with Crippen LogP contribution in [0.15, 0.2) is 6.20 Å². The van der Waals surface area contributed by atoms with Crippen molar-refractivity contribution in [1.29, 1.82) is 0 Å². The Morgan fingerprint density at radius 2 is 2.23 bits per heavy atom. The van der Waals surface area contributed by atoms with Crippen LogP contribution >= 0.6 is 11.6 Å². The van der Waals surface area contributed by atoms with Gasteiger partial charge in [-0.1, -0.05) is 18.5 Å². The Bertz CT molecular complexity index is 294. The molecule has 1 N–H and O–H groups in total. The van der Waals surface area contributed by atoms with E-state index in [9.17, 15) is 5.11 Å². The minimum absolute atomic E-state index is 0.536. The molecule has 1 rings (SSSR count). The topological polar surface area (TPSA) is 38.0 Å². The molecular weight excluding hydrogens is 188 g/mol. The van der Waals surface area contributed by atoms with Gasteiger partial charge in [0.05, 0.1) is 16.9 Å². The van der Waals surface area contributed by atoms with Crippen LogP contribution < -0.4 is 0 Å². The lowest BCUT2D eigenvalue weighted by atomic mass is 9.99. The van der Waals surface area contributed by atoms with Crippen molar-refractivity contribution in [3.8, 4) is 0 Å². The second-order valence-electron chi connectivity index (χ2n) is 3.28. The second-order valence-corrected chi connectivity index (χ2v) is 3.69. The summed E-state index contributed by atoms with van der Waals surface area (Å²) < 4.78 is 1.73. The van der Waals surface area contributed by atoms with Gasteiger partial charge in [-0.2, -0.15) is 5.10 Å². The molecule has 0 bridgehead atoms. The van der Waals surface area contributed by atoms with Crippen LogP contribution in [0.4, 0.5) is 0 Å². The van der Waals surface area contributed by atoms with Gasteiger partial charge in [0.1, 0.15) is 5.60 Å². The van der Waals surface area contributed by atoms with Crippen molar-refractivity contribution in [2.45, 2.75) is 39.3 Å². The number of aromatic nitrogens is 2. The average molecular weight is 203 g/mol. The monoisotopic (exact) mass is 202 g/mol. The molecule has 13 heavy (non-hydrogen) atoms. The first-order valence-corrected chi connectivity index (χ1v) is 4.85.